The zero-order valence-electron chi connectivity index (χ0n) is 15.1. The third-order valence-corrected chi connectivity index (χ3v) is 4.24. The van der Waals surface area contributed by atoms with Gasteiger partial charge in [0.2, 0.25) is 6.79 Å². The Morgan fingerprint density at radius 3 is 2.44 bits per heavy atom. The predicted octanol–water partition coefficient (Wildman–Crippen LogP) is 2.91. The van der Waals surface area contributed by atoms with Gasteiger partial charge < -0.3 is 14.2 Å². The fourth-order valence-corrected chi connectivity index (χ4v) is 2.97. The Labute approximate surface area is 161 Å². The highest BCUT2D eigenvalue weighted by molar-refractivity contribution is 6.30. The van der Waals surface area contributed by atoms with Crippen molar-refractivity contribution in [1.82, 2.24) is 10.9 Å². The fourth-order valence-electron chi connectivity index (χ4n) is 2.64. The number of aryl methyl sites for hydroxylation is 2. The number of rotatable bonds is 4. The van der Waals surface area contributed by atoms with Gasteiger partial charge in [0.15, 0.2) is 17.6 Å². The second kappa shape index (κ2) is 7.75. The number of hydrogen-bond acceptors (Lipinski definition) is 5. The molecule has 2 N–H and O–H groups in total. The number of carbonyl (C=O) groups excluding carboxylic acids is 2. The molecule has 0 saturated carbocycles. The van der Waals surface area contributed by atoms with Crippen LogP contribution in [-0.2, 0) is 4.79 Å². The molecule has 1 heterocycles. The quantitative estimate of drug-likeness (QED) is 0.784. The Balaban J connectivity index is 1.58. The van der Waals surface area contributed by atoms with Crippen molar-refractivity contribution in [2.24, 2.45) is 0 Å². The van der Waals surface area contributed by atoms with Gasteiger partial charge >= 0.3 is 0 Å². The van der Waals surface area contributed by atoms with Crippen molar-refractivity contribution in [1.29, 1.82) is 0 Å². The number of fused-ring (bicyclic) bond motifs is 1. The number of benzene rings is 2. The van der Waals surface area contributed by atoms with Crippen LogP contribution < -0.4 is 25.1 Å². The molecule has 7 nitrogen and oxygen atoms in total. The van der Waals surface area contributed by atoms with Crippen LogP contribution in [0.15, 0.2) is 30.3 Å². The molecule has 27 heavy (non-hydrogen) atoms. The Morgan fingerprint density at radius 1 is 1.07 bits per heavy atom. The molecule has 142 valence electrons. The molecule has 2 amide bonds. The van der Waals surface area contributed by atoms with Gasteiger partial charge in [0.05, 0.1) is 0 Å². The maximum Gasteiger partial charge on any atom is 0.279 e. The monoisotopic (exact) mass is 390 g/mol. The van der Waals surface area contributed by atoms with Crippen LogP contribution in [0.4, 0.5) is 0 Å². The van der Waals surface area contributed by atoms with Gasteiger partial charge in [0.1, 0.15) is 5.75 Å². The summed E-state index contributed by atoms with van der Waals surface area (Å²) in [7, 11) is 0. The number of hydrogen-bond donors (Lipinski definition) is 2. The van der Waals surface area contributed by atoms with E-state index in [4.69, 9.17) is 25.8 Å². The summed E-state index contributed by atoms with van der Waals surface area (Å²) in [4.78, 5) is 24.4. The maximum absolute atomic E-state index is 12.2. The molecule has 0 fully saturated rings. The Kier molecular flexibility index (Phi) is 5.41. The zero-order valence-corrected chi connectivity index (χ0v) is 15.8. The summed E-state index contributed by atoms with van der Waals surface area (Å²) < 4.78 is 16.2. The van der Waals surface area contributed by atoms with E-state index in [0.717, 1.165) is 11.1 Å². The summed E-state index contributed by atoms with van der Waals surface area (Å²) in [6, 6.07) is 8.28. The molecule has 0 spiro atoms. The number of ether oxygens (including phenoxy) is 3. The molecule has 1 aliphatic rings. The maximum atomic E-state index is 12.2. The molecule has 1 aliphatic heterocycles. The van der Waals surface area contributed by atoms with Crippen molar-refractivity contribution in [3.63, 3.8) is 0 Å². The van der Waals surface area contributed by atoms with Crippen molar-refractivity contribution in [2.75, 3.05) is 6.79 Å². The molecule has 3 rings (SSSR count). The summed E-state index contributed by atoms with van der Waals surface area (Å²) in [6.45, 7) is 5.41. The average molecular weight is 391 g/mol. The van der Waals surface area contributed by atoms with Crippen molar-refractivity contribution < 1.29 is 23.8 Å². The first-order valence-electron chi connectivity index (χ1n) is 8.28. The minimum absolute atomic E-state index is 0.121. The highest BCUT2D eigenvalue weighted by Gasteiger charge is 2.20. The third-order valence-electron chi connectivity index (χ3n) is 4.02. The van der Waals surface area contributed by atoms with E-state index in [1.54, 1.807) is 37.3 Å². The molecule has 0 radical (unpaired) electrons. The van der Waals surface area contributed by atoms with Gasteiger partial charge in [-0.2, -0.15) is 0 Å². The van der Waals surface area contributed by atoms with Gasteiger partial charge in [0, 0.05) is 10.6 Å². The minimum Gasteiger partial charge on any atom is -0.480 e. The first-order chi connectivity index (χ1) is 12.8. The van der Waals surface area contributed by atoms with Crippen molar-refractivity contribution >= 4 is 23.4 Å². The minimum atomic E-state index is -0.819. The second-order valence-corrected chi connectivity index (χ2v) is 6.58. The first-order valence-corrected chi connectivity index (χ1v) is 8.66. The molecular weight excluding hydrogens is 372 g/mol. The van der Waals surface area contributed by atoms with Crippen LogP contribution in [0, 0.1) is 13.8 Å². The SMILES string of the molecule is Cc1cc(Cl)cc(C)c1O[C@@H](C)C(=O)NNC(=O)c1ccc2c(c1)OCO2. The number of hydrazine groups is 1. The number of nitrogens with one attached hydrogen (secondary N) is 2. The highest BCUT2D eigenvalue weighted by atomic mass is 35.5. The smallest absolute Gasteiger partial charge is 0.279 e. The fraction of sp³-hybridized carbons (Fsp3) is 0.263. The molecule has 1 atom stereocenters. The summed E-state index contributed by atoms with van der Waals surface area (Å²) in [6.07, 6.45) is -0.819. The van der Waals surface area contributed by atoms with Crippen molar-refractivity contribution in [3.05, 3.63) is 52.0 Å². The Morgan fingerprint density at radius 2 is 1.74 bits per heavy atom. The van der Waals surface area contributed by atoms with Crippen LogP contribution in [0.2, 0.25) is 5.02 Å². The van der Waals surface area contributed by atoms with Crippen molar-refractivity contribution in [3.8, 4) is 17.2 Å². The van der Waals surface area contributed by atoms with Crippen LogP contribution >= 0.6 is 11.6 Å². The normalized spacial score (nSPS) is 13.0. The predicted molar refractivity (Wildman–Crippen MR) is 99.2 cm³/mol. The van der Waals surface area contributed by atoms with E-state index < -0.39 is 17.9 Å². The lowest BCUT2D eigenvalue weighted by molar-refractivity contribution is -0.128. The van der Waals surface area contributed by atoms with Crippen LogP contribution in [0.3, 0.4) is 0 Å². The van der Waals surface area contributed by atoms with Crippen LogP contribution in [0.25, 0.3) is 0 Å². The van der Waals surface area contributed by atoms with Gasteiger partial charge in [0.25, 0.3) is 11.8 Å². The van der Waals surface area contributed by atoms with Crippen LogP contribution in [0.1, 0.15) is 28.4 Å². The van der Waals surface area contributed by atoms with E-state index >= 15 is 0 Å². The molecular formula is C19H19ClN2O5. The molecule has 8 heteroatoms. The molecule has 2 aromatic rings. The van der Waals surface area contributed by atoms with Crippen molar-refractivity contribution in [2.45, 2.75) is 26.9 Å². The van der Waals surface area contributed by atoms with E-state index in [1.165, 1.54) is 0 Å². The number of carbonyl (C=O) groups is 2. The van der Waals surface area contributed by atoms with Gasteiger partial charge in [-0.1, -0.05) is 11.6 Å². The molecule has 0 saturated heterocycles. The molecule has 2 aromatic carbocycles. The standard InChI is InChI=1S/C19H19ClN2O5/c1-10-6-14(20)7-11(2)17(10)27-12(3)18(23)21-22-19(24)13-4-5-15-16(8-13)26-9-25-15/h4-8,12H,9H2,1-3H3,(H,21,23)(H,22,24)/t12-/m0/s1. The van der Waals surface area contributed by atoms with Gasteiger partial charge in [-0.25, -0.2) is 0 Å². The zero-order chi connectivity index (χ0) is 19.6. The summed E-state index contributed by atoms with van der Waals surface area (Å²) in [5.74, 6) is 0.681. The van der Waals surface area contributed by atoms with E-state index in [2.05, 4.69) is 10.9 Å². The average Bonchev–Trinajstić information content (AvgIpc) is 3.09. The van der Waals surface area contributed by atoms with Gasteiger partial charge in [-0.3, -0.25) is 20.4 Å². The van der Waals surface area contributed by atoms with E-state index in [1.807, 2.05) is 13.8 Å². The summed E-state index contributed by atoms with van der Waals surface area (Å²) >= 11 is 6.00. The van der Waals surface area contributed by atoms with Gasteiger partial charge in [-0.15, -0.1) is 0 Å². The highest BCUT2D eigenvalue weighted by Crippen LogP contribution is 2.32. The van der Waals surface area contributed by atoms with E-state index in [9.17, 15) is 9.59 Å². The lowest BCUT2D eigenvalue weighted by Gasteiger charge is -2.18. The lowest BCUT2D eigenvalue weighted by Crippen LogP contribution is -2.47. The van der Waals surface area contributed by atoms with Crippen LogP contribution in [-0.4, -0.2) is 24.7 Å². The van der Waals surface area contributed by atoms with Crippen LogP contribution in [0.5, 0.6) is 17.2 Å². The summed E-state index contributed by atoms with van der Waals surface area (Å²) in [5, 5.41) is 0.602. The second-order valence-electron chi connectivity index (χ2n) is 6.14. The first kappa shape index (κ1) is 18.8. The number of halogens is 1. The Hall–Kier alpha value is -2.93. The molecule has 0 unspecified atom stereocenters. The Bertz CT molecular complexity index is 877. The van der Waals surface area contributed by atoms with Gasteiger partial charge in [-0.05, 0) is 62.2 Å². The summed E-state index contributed by atoms with van der Waals surface area (Å²) in [5.41, 5.74) is 6.69. The van der Waals surface area contributed by atoms with E-state index in [0.29, 0.717) is 27.8 Å². The van der Waals surface area contributed by atoms with E-state index in [-0.39, 0.29) is 6.79 Å². The topological polar surface area (TPSA) is 85.9 Å². The molecule has 0 aliphatic carbocycles. The molecule has 0 aromatic heterocycles. The largest absolute Gasteiger partial charge is 0.480 e. The lowest BCUT2D eigenvalue weighted by atomic mass is 10.1. The molecule has 0 bridgehead atoms. The third kappa shape index (κ3) is 4.25. The number of amides is 2.